The van der Waals surface area contributed by atoms with E-state index in [1.165, 1.54) is 11.1 Å². The van der Waals surface area contributed by atoms with Crippen LogP contribution in [0.4, 0.5) is 17.1 Å². The number of aromatic nitrogens is 3. The Bertz CT molecular complexity index is 3260. The number of anilines is 3. The first kappa shape index (κ1) is 36.7. The molecule has 5 heteroatoms. The van der Waals surface area contributed by atoms with E-state index in [9.17, 15) is 0 Å². The Morgan fingerprint density at radius 2 is 0.694 bits per heavy atom. The molecule has 0 aliphatic heterocycles. The van der Waals surface area contributed by atoms with Crippen LogP contribution in [0.1, 0.15) is 0 Å². The minimum Gasteiger partial charge on any atom is -0.456 e. The second-order valence-corrected chi connectivity index (χ2v) is 15.2. The predicted molar refractivity (Wildman–Crippen MR) is 254 cm³/mol. The van der Waals surface area contributed by atoms with Crippen molar-refractivity contribution >= 4 is 39.0 Å². The van der Waals surface area contributed by atoms with Crippen LogP contribution in [-0.2, 0) is 0 Å². The first-order chi connectivity index (χ1) is 30.7. The van der Waals surface area contributed by atoms with E-state index in [2.05, 4.69) is 163 Å². The highest BCUT2D eigenvalue weighted by Crippen LogP contribution is 2.45. The fraction of sp³-hybridized carbons (Fsp3) is 0. The number of furan rings is 1. The average Bonchev–Trinajstić information content (AvgIpc) is 3.73. The summed E-state index contributed by atoms with van der Waals surface area (Å²) in [5.74, 6) is 1.84. The molecule has 62 heavy (non-hydrogen) atoms. The van der Waals surface area contributed by atoms with E-state index >= 15 is 0 Å². The molecule has 0 atom stereocenters. The summed E-state index contributed by atoms with van der Waals surface area (Å²) in [6.07, 6.45) is 0. The summed E-state index contributed by atoms with van der Waals surface area (Å²) < 4.78 is 6.53. The smallest absolute Gasteiger partial charge is 0.164 e. The van der Waals surface area contributed by atoms with Gasteiger partial charge in [0.2, 0.25) is 0 Å². The lowest BCUT2D eigenvalue weighted by atomic mass is 9.96. The Balaban J connectivity index is 1.09. The highest BCUT2D eigenvalue weighted by Gasteiger charge is 2.21. The number of benzene rings is 9. The summed E-state index contributed by atoms with van der Waals surface area (Å²) in [7, 11) is 0. The zero-order valence-corrected chi connectivity index (χ0v) is 33.6. The molecule has 11 rings (SSSR count). The number of nitrogens with zero attached hydrogens (tertiary/aromatic N) is 4. The van der Waals surface area contributed by atoms with Crippen molar-refractivity contribution in [3.63, 3.8) is 0 Å². The second-order valence-electron chi connectivity index (χ2n) is 15.2. The Hall–Kier alpha value is -8.41. The van der Waals surface area contributed by atoms with Gasteiger partial charge in [-0.05, 0) is 88.5 Å². The van der Waals surface area contributed by atoms with E-state index in [0.29, 0.717) is 17.5 Å². The standard InChI is InChI=1S/C57H38N4O/c1-6-16-39(17-7-1)41-26-30-47(31-27-41)61(52-33-28-45(40-18-8-2-9-19-40)36-49(52)42-20-10-3-11-21-42)48-32-35-54-51(38-48)50-37-46(29-34-53(50)62-54)57-59-55(43-22-12-4-13-23-43)58-56(60-57)44-24-14-5-15-25-44/h1-38H. The second kappa shape index (κ2) is 16.0. The van der Waals surface area contributed by atoms with Crippen LogP contribution >= 0.6 is 0 Å². The fourth-order valence-electron chi connectivity index (χ4n) is 8.23. The molecule has 0 spiro atoms. The third kappa shape index (κ3) is 7.08. The molecular formula is C57H38N4O. The molecule has 5 nitrogen and oxygen atoms in total. The monoisotopic (exact) mass is 794 g/mol. The molecular weight excluding hydrogens is 757 g/mol. The minimum atomic E-state index is 0.594. The fourth-order valence-corrected chi connectivity index (χ4v) is 8.23. The van der Waals surface area contributed by atoms with Gasteiger partial charge in [0.1, 0.15) is 11.2 Å². The number of fused-ring (bicyclic) bond motifs is 3. The molecule has 0 fully saturated rings. The molecule has 11 aromatic rings. The van der Waals surface area contributed by atoms with Crippen molar-refractivity contribution in [2.75, 3.05) is 4.90 Å². The maximum Gasteiger partial charge on any atom is 0.164 e. The quantitative estimate of drug-likeness (QED) is 0.146. The predicted octanol–water partition coefficient (Wildman–Crippen LogP) is 15.2. The third-order valence-corrected chi connectivity index (χ3v) is 11.3. The normalized spacial score (nSPS) is 11.2. The molecule has 0 saturated carbocycles. The molecule has 0 bridgehead atoms. The van der Waals surface area contributed by atoms with Crippen molar-refractivity contribution < 1.29 is 4.42 Å². The topological polar surface area (TPSA) is 55.1 Å². The molecule has 0 radical (unpaired) electrons. The molecule has 2 aromatic heterocycles. The van der Waals surface area contributed by atoms with Crippen molar-refractivity contribution in [3.8, 4) is 67.5 Å². The Morgan fingerprint density at radius 3 is 1.26 bits per heavy atom. The molecule has 0 amide bonds. The highest BCUT2D eigenvalue weighted by atomic mass is 16.3. The lowest BCUT2D eigenvalue weighted by Crippen LogP contribution is -2.11. The van der Waals surface area contributed by atoms with Crippen LogP contribution in [0.5, 0.6) is 0 Å². The summed E-state index contributed by atoms with van der Waals surface area (Å²) in [6, 6.07) is 80.2. The number of rotatable bonds is 9. The molecule has 292 valence electrons. The van der Waals surface area contributed by atoms with Crippen LogP contribution in [0.3, 0.4) is 0 Å². The summed E-state index contributed by atoms with van der Waals surface area (Å²) >= 11 is 0. The van der Waals surface area contributed by atoms with E-state index in [1.807, 2.05) is 72.8 Å². The van der Waals surface area contributed by atoms with Crippen molar-refractivity contribution in [2.45, 2.75) is 0 Å². The van der Waals surface area contributed by atoms with Crippen molar-refractivity contribution in [1.29, 1.82) is 0 Å². The van der Waals surface area contributed by atoms with Gasteiger partial charge in [-0.2, -0.15) is 0 Å². The molecule has 0 N–H and O–H groups in total. The van der Waals surface area contributed by atoms with Gasteiger partial charge in [-0.15, -0.1) is 0 Å². The maximum atomic E-state index is 6.53. The van der Waals surface area contributed by atoms with E-state index in [0.717, 1.165) is 77.9 Å². The van der Waals surface area contributed by atoms with E-state index in [-0.39, 0.29) is 0 Å². The van der Waals surface area contributed by atoms with Crippen LogP contribution < -0.4 is 4.90 Å². The van der Waals surface area contributed by atoms with Gasteiger partial charge in [-0.25, -0.2) is 15.0 Å². The van der Waals surface area contributed by atoms with Gasteiger partial charge in [-0.3, -0.25) is 0 Å². The molecule has 2 heterocycles. The van der Waals surface area contributed by atoms with Gasteiger partial charge in [0.05, 0.1) is 5.69 Å². The number of hydrogen-bond acceptors (Lipinski definition) is 5. The lowest BCUT2D eigenvalue weighted by Gasteiger charge is -2.28. The molecule has 9 aromatic carbocycles. The van der Waals surface area contributed by atoms with Gasteiger partial charge in [0, 0.05) is 44.4 Å². The van der Waals surface area contributed by atoms with Crippen LogP contribution in [0.2, 0.25) is 0 Å². The summed E-state index contributed by atoms with van der Waals surface area (Å²) in [4.78, 5) is 17.3. The summed E-state index contributed by atoms with van der Waals surface area (Å²) in [5.41, 5.74) is 14.3. The lowest BCUT2D eigenvalue weighted by molar-refractivity contribution is 0.669. The molecule has 0 aliphatic carbocycles. The largest absolute Gasteiger partial charge is 0.456 e. The van der Waals surface area contributed by atoms with E-state index in [4.69, 9.17) is 19.4 Å². The van der Waals surface area contributed by atoms with Gasteiger partial charge < -0.3 is 9.32 Å². The van der Waals surface area contributed by atoms with Gasteiger partial charge in [-0.1, -0.05) is 170 Å². The first-order valence-electron chi connectivity index (χ1n) is 20.8. The third-order valence-electron chi connectivity index (χ3n) is 11.3. The zero-order valence-electron chi connectivity index (χ0n) is 33.6. The zero-order chi connectivity index (χ0) is 41.2. The maximum absolute atomic E-state index is 6.53. The van der Waals surface area contributed by atoms with Crippen molar-refractivity contribution in [2.24, 2.45) is 0 Å². The Kier molecular flexibility index (Phi) is 9.45. The number of hydrogen-bond donors (Lipinski definition) is 0. The van der Waals surface area contributed by atoms with E-state index in [1.54, 1.807) is 0 Å². The Morgan fingerprint density at radius 1 is 0.290 bits per heavy atom. The summed E-state index contributed by atoms with van der Waals surface area (Å²) in [5, 5.41) is 1.97. The van der Waals surface area contributed by atoms with Gasteiger partial charge in [0.15, 0.2) is 17.5 Å². The molecule has 0 unspecified atom stereocenters. The van der Waals surface area contributed by atoms with Gasteiger partial charge >= 0.3 is 0 Å². The summed E-state index contributed by atoms with van der Waals surface area (Å²) in [6.45, 7) is 0. The molecule has 0 aliphatic rings. The first-order valence-corrected chi connectivity index (χ1v) is 20.8. The average molecular weight is 795 g/mol. The van der Waals surface area contributed by atoms with E-state index < -0.39 is 0 Å². The van der Waals surface area contributed by atoms with Crippen molar-refractivity contribution in [1.82, 2.24) is 15.0 Å². The van der Waals surface area contributed by atoms with Crippen LogP contribution in [-0.4, -0.2) is 15.0 Å². The van der Waals surface area contributed by atoms with Crippen LogP contribution in [0.15, 0.2) is 235 Å². The minimum absolute atomic E-state index is 0.594. The molecule has 0 saturated heterocycles. The SMILES string of the molecule is c1ccc(-c2ccc(N(c3ccc4oc5ccc(-c6nc(-c7ccccc7)nc(-c7ccccc7)n6)cc5c4c3)c3ccc(-c4ccccc4)cc3-c3ccccc3)cc2)cc1. The van der Waals surface area contributed by atoms with Crippen LogP contribution in [0, 0.1) is 0 Å². The highest BCUT2D eigenvalue weighted by molar-refractivity contribution is 6.08. The van der Waals surface area contributed by atoms with Gasteiger partial charge in [0.25, 0.3) is 0 Å². The Labute approximate surface area is 359 Å². The van der Waals surface area contributed by atoms with Crippen LogP contribution in [0.25, 0.3) is 89.5 Å². The van der Waals surface area contributed by atoms with Crippen molar-refractivity contribution in [3.05, 3.63) is 231 Å².